The number of pyridine rings is 1. The molecule has 1 aromatic carbocycles. The molecule has 1 aliphatic rings. The van der Waals surface area contributed by atoms with Gasteiger partial charge in [-0.05, 0) is 36.6 Å². The summed E-state index contributed by atoms with van der Waals surface area (Å²) in [6.45, 7) is 2.31. The first-order valence-corrected chi connectivity index (χ1v) is 8.87. The lowest BCUT2D eigenvalue weighted by atomic mass is 10.2. The Bertz CT molecular complexity index is 1060. The SMILES string of the molecule is O=c1c([N+](=O)[O-])c(NCCCN2CCc3ccccc32)nc2ccccn12. The Labute approximate surface area is 155 Å². The van der Waals surface area contributed by atoms with Crippen molar-refractivity contribution in [2.45, 2.75) is 12.8 Å². The lowest BCUT2D eigenvalue weighted by Gasteiger charge is -2.19. The average Bonchev–Trinajstić information content (AvgIpc) is 3.08. The van der Waals surface area contributed by atoms with Crippen LogP contribution in [0.1, 0.15) is 12.0 Å². The molecule has 3 heterocycles. The van der Waals surface area contributed by atoms with E-state index in [-0.39, 0.29) is 5.82 Å². The fourth-order valence-electron chi connectivity index (χ4n) is 3.48. The van der Waals surface area contributed by atoms with Crippen molar-refractivity contribution in [2.75, 3.05) is 29.9 Å². The van der Waals surface area contributed by atoms with Crippen molar-refractivity contribution in [3.63, 3.8) is 0 Å². The summed E-state index contributed by atoms with van der Waals surface area (Å²) in [4.78, 5) is 29.7. The highest BCUT2D eigenvalue weighted by atomic mass is 16.6. The minimum atomic E-state index is -0.679. The molecule has 0 radical (unpaired) electrons. The molecule has 0 bridgehead atoms. The van der Waals surface area contributed by atoms with Gasteiger partial charge < -0.3 is 10.2 Å². The lowest BCUT2D eigenvalue weighted by molar-refractivity contribution is -0.385. The van der Waals surface area contributed by atoms with Crippen LogP contribution in [0.2, 0.25) is 0 Å². The zero-order chi connectivity index (χ0) is 18.8. The van der Waals surface area contributed by atoms with Crippen LogP contribution < -0.4 is 15.8 Å². The van der Waals surface area contributed by atoms with Crippen molar-refractivity contribution in [2.24, 2.45) is 0 Å². The Morgan fingerprint density at radius 1 is 1.19 bits per heavy atom. The van der Waals surface area contributed by atoms with Crippen LogP contribution in [0, 0.1) is 10.1 Å². The van der Waals surface area contributed by atoms with E-state index in [0.29, 0.717) is 12.2 Å². The van der Waals surface area contributed by atoms with Crippen LogP contribution in [-0.4, -0.2) is 33.9 Å². The summed E-state index contributed by atoms with van der Waals surface area (Å²) in [5, 5.41) is 14.4. The molecule has 0 amide bonds. The van der Waals surface area contributed by atoms with Crippen LogP contribution in [0.3, 0.4) is 0 Å². The summed E-state index contributed by atoms with van der Waals surface area (Å²) >= 11 is 0. The van der Waals surface area contributed by atoms with Gasteiger partial charge >= 0.3 is 11.2 Å². The maximum atomic E-state index is 12.4. The van der Waals surface area contributed by atoms with E-state index >= 15 is 0 Å². The molecule has 0 unspecified atom stereocenters. The Balaban J connectivity index is 1.47. The van der Waals surface area contributed by atoms with Gasteiger partial charge in [0.05, 0.1) is 4.92 Å². The third kappa shape index (κ3) is 3.21. The van der Waals surface area contributed by atoms with Crippen molar-refractivity contribution in [1.82, 2.24) is 9.38 Å². The molecule has 27 heavy (non-hydrogen) atoms. The van der Waals surface area contributed by atoms with Gasteiger partial charge in [-0.15, -0.1) is 0 Å². The molecule has 2 aromatic heterocycles. The van der Waals surface area contributed by atoms with E-state index in [1.807, 2.05) is 12.1 Å². The molecule has 138 valence electrons. The van der Waals surface area contributed by atoms with Gasteiger partial charge in [0, 0.05) is 31.5 Å². The summed E-state index contributed by atoms with van der Waals surface area (Å²) in [6, 6.07) is 13.4. The Hall–Kier alpha value is -3.42. The predicted octanol–water partition coefficient (Wildman–Crippen LogP) is 2.47. The first-order valence-electron chi connectivity index (χ1n) is 8.87. The van der Waals surface area contributed by atoms with E-state index < -0.39 is 16.2 Å². The number of aromatic nitrogens is 2. The largest absolute Gasteiger partial charge is 0.376 e. The van der Waals surface area contributed by atoms with Crippen LogP contribution in [0.25, 0.3) is 5.65 Å². The monoisotopic (exact) mass is 365 g/mol. The highest BCUT2D eigenvalue weighted by Gasteiger charge is 2.23. The van der Waals surface area contributed by atoms with Gasteiger partial charge in [-0.25, -0.2) is 4.98 Å². The number of anilines is 2. The number of benzene rings is 1. The van der Waals surface area contributed by atoms with Gasteiger partial charge in [-0.3, -0.25) is 19.3 Å². The minimum Gasteiger partial charge on any atom is -0.371 e. The van der Waals surface area contributed by atoms with Crippen molar-refractivity contribution >= 4 is 22.8 Å². The van der Waals surface area contributed by atoms with Gasteiger partial charge in [-0.2, -0.15) is 0 Å². The van der Waals surface area contributed by atoms with Crippen molar-refractivity contribution in [3.05, 3.63) is 74.7 Å². The van der Waals surface area contributed by atoms with E-state index in [9.17, 15) is 14.9 Å². The molecule has 0 fully saturated rings. The first-order chi connectivity index (χ1) is 13.1. The normalized spacial score (nSPS) is 13.0. The second-order valence-electron chi connectivity index (χ2n) is 6.45. The molecule has 0 saturated heterocycles. The zero-order valence-electron chi connectivity index (χ0n) is 14.7. The fourth-order valence-corrected chi connectivity index (χ4v) is 3.48. The number of nitrogens with one attached hydrogen (secondary N) is 1. The lowest BCUT2D eigenvalue weighted by Crippen LogP contribution is -2.25. The molecule has 8 heteroatoms. The number of nitrogens with zero attached hydrogens (tertiary/aromatic N) is 4. The molecule has 0 spiro atoms. The van der Waals surface area contributed by atoms with Gasteiger partial charge in [0.25, 0.3) is 0 Å². The first kappa shape index (κ1) is 17.0. The maximum absolute atomic E-state index is 12.4. The molecule has 1 N–H and O–H groups in total. The number of para-hydroxylation sites is 1. The standard InChI is InChI=1S/C19H19N5O3/c25-19-17(24(26)27)18(21-16-8-3-4-12-23(16)19)20-10-5-11-22-13-9-14-6-1-2-7-15(14)22/h1-4,6-8,12,20H,5,9-11,13H2. The topological polar surface area (TPSA) is 92.8 Å². The maximum Gasteiger partial charge on any atom is 0.376 e. The van der Waals surface area contributed by atoms with Gasteiger partial charge in [0.1, 0.15) is 5.65 Å². The summed E-state index contributed by atoms with van der Waals surface area (Å²) in [7, 11) is 0. The van der Waals surface area contributed by atoms with Gasteiger partial charge in [0.15, 0.2) is 0 Å². The Kier molecular flexibility index (Phi) is 4.45. The second-order valence-corrected chi connectivity index (χ2v) is 6.45. The zero-order valence-corrected chi connectivity index (χ0v) is 14.7. The van der Waals surface area contributed by atoms with Crippen molar-refractivity contribution in [1.29, 1.82) is 0 Å². The minimum absolute atomic E-state index is 0.0259. The van der Waals surface area contributed by atoms with Crippen LogP contribution in [0.5, 0.6) is 0 Å². The van der Waals surface area contributed by atoms with Crippen molar-refractivity contribution < 1.29 is 4.92 Å². The van der Waals surface area contributed by atoms with Gasteiger partial charge in [0.2, 0.25) is 5.82 Å². The van der Waals surface area contributed by atoms with Crippen LogP contribution in [0.15, 0.2) is 53.5 Å². The third-order valence-electron chi connectivity index (χ3n) is 4.77. The number of rotatable bonds is 6. The molecule has 0 aliphatic carbocycles. The summed E-state index contributed by atoms with van der Waals surface area (Å²) < 4.78 is 1.18. The summed E-state index contributed by atoms with van der Waals surface area (Å²) in [6.07, 6.45) is 3.30. The molecule has 0 atom stereocenters. The van der Waals surface area contributed by atoms with Crippen molar-refractivity contribution in [3.8, 4) is 0 Å². The van der Waals surface area contributed by atoms with Gasteiger partial charge in [-0.1, -0.05) is 24.3 Å². The van der Waals surface area contributed by atoms with Crippen LogP contribution in [0.4, 0.5) is 17.2 Å². The molecule has 1 aliphatic heterocycles. The summed E-state index contributed by atoms with van der Waals surface area (Å²) in [5.74, 6) is 0.0259. The molecule has 0 saturated carbocycles. The predicted molar refractivity (Wildman–Crippen MR) is 104 cm³/mol. The molecular weight excluding hydrogens is 346 g/mol. The highest BCUT2D eigenvalue weighted by Crippen LogP contribution is 2.27. The summed E-state index contributed by atoms with van der Waals surface area (Å²) in [5.41, 5.74) is 1.78. The fraction of sp³-hybridized carbons (Fsp3) is 0.263. The third-order valence-corrected chi connectivity index (χ3v) is 4.77. The van der Waals surface area contributed by atoms with E-state index in [0.717, 1.165) is 25.9 Å². The molecular formula is C19H19N5O3. The second kappa shape index (κ2) is 7.06. The van der Waals surface area contributed by atoms with Crippen LogP contribution >= 0.6 is 0 Å². The van der Waals surface area contributed by atoms with E-state index in [1.54, 1.807) is 18.2 Å². The molecule has 3 aromatic rings. The average molecular weight is 365 g/mol. The number of fused-ring (bicyclic) bond motifs is 2. The van der Waals surface area contributed by atoms with E-state index in [1.165, 1.54) is 21.8 Å². The quantitative estimate of drug-likeness (QED) is 0.410. The molecule has 8 nitrogen and oxygen atoms in total. The van der Waals surface area contributed by atoms with Crippen LogP contribution in [-0.2, 0) is 6.42 Å². The highest BCUT2D eigenvalue weighted by molar-refractivity contribution is 5.60. The number of nitro groups is 1. The van der Waals surface area contributed by atoms with E-state index in [4.69, 9.17) is 0 Å². The molecule has 4 rings (SSSR count). The number of hydrogen-bond acceptors (Lipinski definition) is 6. The number of hydrogen-bond donors (Lipinski definition) is 1. The smallest absolute Gasteiger partial charge is 0.371 e. The van der Waals surface area contributed by atoms with E-state index in [2.05, 4.69) is 27.3 Å². The Morgan fingerprint density at radius 3 is 2.85 bits per heavy atom. The Morgan fingerprint density at radius 2 is 2.00 bits per heavy atom.